The highest BCUT2D eigenvalue weighted by Gasteiger charge is 2.52. The first-order chi connectivity index (χ1) is 13.4. The Balaban J connectivity index is 2.12. The number of aryl methyl sites for hydroxylation is 2. The Hall–Kier alpha value is -1.83. The largest absolute Gasteiger partial charge is 0.498 e. The molecular formula is C22H29BO5S. The summed E-state index contributed by atoms with van der Waals surface area (Å²) in [5, 5.41) is 0. The summed E-state index contributed by atoms with van der Waals surface area (Å²) in [5.74, 6) is 1.29. The SMILES string of the molecule is CCS(=O)(=O)c1ccc(Oc2c(C)cccc2C)c(B2OC(C)(C)C(C)(C)O2)c1. The van der Waals surface area contributed by atoms with Gasteiger partial charge in [0.05, 0.1) is 21.9 Å². The van der Waals surface area contributed by atoms with Crippen molar-refractivity contribution in [3.05, 3.63) is 47.5 Å². The lowest BCUT2D eigenvalue weighted by Gasteiger charge is -2.32. The van der Waals surface area contributed by atoms with E-state index in [-0.39, 0.29) is 10.6 Å². The number of ether oxygens (including phenoxy) is 1. The van der Waals surface area contributed by atoms with Crippen LogP contribution in [-0.2, 0) is 19.1 Å². The maximum absolute atomic E-state index is 12.5. The first-order valence-electron chi connectivity index (χ1n) is 9.84. The molecule has 0 spiro atoms. The highest BCUT2D eigenvalue weighted by molar-refractivity contribution is 7.91. The standard InChI is InChI=1S/C22H29BO5S/c1-8-29(24,25)17-12-13-19(26-20-15(2)10-9-11-16(20)3)18(14-17)23-27-21(4,5)22(6,7)28-23/h9-14H,8H2,1-7H3. The number of sulfone groups is 1. The molecule has 0 unspecified atom stereocenters. The van der Waals surface area contributed by atoms with E-state index < -0.39 is 28.2 Å². The molecule has 0 atom stereocenters. The Morgan fingerprint density at radius 1 is 0.966 bits per heavy atom. The molecule has 1 heterocycles. The first-order valence-corrected chi connectivity index (χ1v) is 11.5. The summed E-state index contributed by atoms with van der Waals surface area (Å²) in [6.45, 7) is 13.4. The molecule has 0 bridgehead atoms. The maximum atomic E-state index is 12.5. The lowest BCUT2D eigenvalue weighted by molar-refractivity contribution is 0.00578. The molecule has 0 amide bonds. The lowest BCUT2D eigenvalue weighted by atomic mass is 9.78. The topological polar surface area (TPSA) is 61.8 Å². The molecule has 5 nitrogen and oxygen atoms in total. The molecule has 1 fully saturated rings. The fourth-order valence-corrected chi connectivity index (χ4v) is 4.12. The van der Waals surface area contributed by atoms with Crippen LogP contribution >= 0.6 is 0 Å². The van der Waals surface area contributed by atoms with Gasteiger partial charge in [0.25, 0.3) is 0 Å². The molecule has 0 radical (unpaired) electrons. The number of hydrogen-bond donors (Lipinski definition) is 0. The second kappa shape index (κ2) is 7.45. The fourth-order valence-electron chi connectivity index (χ4n) is 3.20. The van der Waals surface area contributed by atoms with Crippen LogP contribution < -0.4 is 10.2 Å². The molecule has 29 heavy (non-hydrogen) atoms. The van der Waals surface area contributed by atoms with Gasteiger partial charge in [-0.25, -0.2) is 8.42 Å². The molecule has 0 aromatic heterocycles. The van der Waals surface area contributed by atoms with Gasteiger partial charge in [-0.3, -0.25) is 0 Å². The zero-order valence-corrected chi connectivity index (χ0v) is 19.0. The van der Waals surface area contributed by atoms with Crippen LogP contribution in [-0.4, -0.2) is 32.5 Å². The molecule has 0 saturated carbocycles. The van der Waals surface area contributed by atoms with Crippen LogP contribution in [0.25, 0.3) is 0 Å². The third kappa shape index (κ3) is 4.09. The predicted molar refractivity (Wildman–Crippen MR) is 116 cm³/mol. The summed E-state index contributed by atoms with van der Waals surface area (Å²) in [4.78, 5) is 0.235. The van der Waals surface area contributed by atoms with Gasteiger partial charge in [0, 0.05) is 5.46 Å². The van der Waals surface area contributed by atoms with Gasteiger partial charge in [0.1, 0.15) is 11.5 Å². The Kier molecular flexibility index (Phi) is 5.62. The zero-order valence-electron chi connectivity index (χ0n) is 18.2. The van der Waals surface area contributed by atoms with E-state index in [4.69, 9.17) is 14.0 Å². The van der Waals surface area contributed by atoms with E-state index in [2.05, 4.69) is 0 Å². The number of rotatable bonds is 5. The molecule has 2 aromatic rings. The Bertz CT molecular complexity index is 991. The van der Waals surface area contributed by atoms with E-state index >= 15 is 0 Å². The molecule has 1 aliphatic rings. The highest BCUT2D eigenvalue weighted by Crippen LogP contribution is 2.38. The molecular weight excluding hydrogens is 387 g/mol. The third-order valence-electron chi connectivity index (χ3n) is 5.85. The molecule has 1 aliphatic heterocycles. The van der Waals surface area contributed by atoms with Gasteiger partial charge in [-0.1, -0.05) is 25.1 Å². The van der Waals surface area contributed by atoms with Gasteiger partial charge in [0.15, 0.2) is 9.84 Å². The van der Waals surface area contributed by atoms with Crippen LogP contribution in [0.15, 0.2) is 41.3 Å². The summed E-state index contributed by atoms with van der Waals surface area (Å²) in [5.41, 5.74) is 1.46. The predicted octanol–water partition coefficient (Wildman–Crippen LogP) is 4.19. The van der Waals surface area contributed by atoms with Crippen molar-refractivity contribution in [1.29, 1.82) is 0 Å². The number of hydrogen-bond acceptors (Lipinski definition) is 5. The van der Waals surface area contributed by atoms with Gasteiger partial charge >= 0.3 is 7.12 Å². The van der Waals surface area contributed by atoms with Crippen LogP contribution in [0.3, 0.4) is 0 Å². The summed E-state index contributed by atoms with van der Waals surface area (Å²) in [7, 11) is -4.11. The van der Waals surface area contributed by atoms with Crippen LogP contribution in [0.4, 0.5) is 0 Å². The quantitative estimate of drug-likeness (QED) is 0.684. The van der Waals surface area contributed by atoms with Crippen molar-refractivity contribution < 1.29 is 22.5 Å². The second-order valence-corrected chi connectivity index (χ2v) is 10.8. The van der Waals surface area contributed by atoms with Gasteiger partial charge in [-0.15, -0.1) is 0 Å². The number of para-hydroxylation sites is 1. The van der Waals surface area contributed by atoms with Crippen molar-refractivity contribution in [3.8, 4) is 11.5 Å². The zero-order chi connectivity index (χ0) is 21.6. The molecule has 3 rings (SSSR count). The Morgan fingerprint density at radius 2 is 1.52 bits per heavy atom. The van der Waals surface area contributed by atoms with Crippen LogP contribution in [0.5, 0.6) is 11.5 Å². The second-order valence-electron chi connectivity index (χ2n) is 8.51. The van der Waals surface area contributed by atoms with Crippen molar-refractivity contribution in [2.45, 2.75) is 64.6 Å². The van der Waals surface area contributed by atoms with Crippen LogP contribution in [0, 0.1) is 13.8 Å². The van der Waals surface area contributed by atoms with Crippen molar-refractivity contribution in [2.24, 2.45) is 0 Å². The average Bonchev–Trinajstić information content (AvgIpc) is 2.85. The summed E-state index contributed by atoms with van der Waals surface area (Å²) in [6, 6.07) is 10.8. The minimum atomic E-state index is -3.38. The normalized spacial score (nSPS) is 18.1. The average molecular weight is 416 g/mol. The van der Waals surface area contributed by atoms with Crippen molar-refractivity contribution in [2.75, 3.05) is 5.75 Å². The van der Waals surface area contributed by atoms with E-state index in [0.717, 1.165) is 16.9 Å². The molecule has 7 heteroatoms. The fraction of sp³-hybridized carbons (Fsp3) is 0.455. The Morgan fingerprint density at radius 3 is 2.03 bits per heavy atom. The molecule has 0 N–H and O–H groups in total. The summed E-state index contributed by atoms with van der Waals surface area (Å²) >= 11 is 0. The van der Waals surface area contributed by atoms with E-state index in [1.165, 1.54) is 0 Å². The lowest BCUT2D eigenvalue weighted by Crippen LogP contribution is -2.41. The maximum Gasteiger partial charge on any atom is 0.498 e. The van der Waals surface area contributed by atoms with Crippen LogP contribution in [0.2, 0.25) is 0 Å². The van der Waals surface area contributed by atoms with Crippen molar-refractivity contribution in [1.82, 2.24) is 0 Å². The van der Waals surface area contributed by atoms with E-state index in [9.17, 15) is 8.42 Å². The smallest absolute Gasteiger partial charge is 0.457 e. The van der Waals surface area contributed by atoms with Gasteiger partial charge in [-0.2, -0.15) is 0 Å². The molecule has 156 valence electrons. The van der Waals surface area contributed by atoms with E-state index in [1.807, 2.05) is 59.7 Å². The van der Waals surface area contributed by atoms with Gasteiger partial charge in [-0.05, 0) is 70.9 Å². The van der Waals surface area contributed by atoms with Gasteiger partial charge in [0.2, 0.25) is 0 Å². The summed E-state index contributed by atoms with van der Waals surface area (Å²) in [6.07, 6.45) is 0. The third-order valence-corrected chi connectivity index (χ3v) is 7.58. The van der Waals surface area contributed by atoms with Crippen LogP contribution in [0.1, 0.15) is 45.7 Å². The van der Waals surface area contributed by atoms with Crippen molar-refractivity contribution in [3.63, 3.8) is 0 Å². The monoisotopic (exact) mass is 416 g/mol. The van der Waals surface area contributed by atoms with E-state index in [0.29, 0.717) is 11.2 Å². The highest BCUT2D eigenvalue weighted by atomic mass is 32.2. The van der Waals surface area contributed by atoms with Gasteiger partial charge < -0.3 is 14.0 Å². The number of benzene rings is 2. The van der Waals surface area contributed by atoms with Crippen molar-refractivity contribution >= 4 is 22.4 Å². The molecule has 0 aliphatic carbocycles. The first kappa shape index (κ1) is 21.9. The molecule has 1 saturated heterocycles. The summed E-state index contributed by atoms with van der Waals surface area (Å²) < 4.78 is 43.6. The Labute approximate surface area is 174 Å². The van der Waals surface area contributed by atoms with E-state index in [1.54, 1.807) is 25.1 Å². The minimum Gasteiger partial charge on any atom is -0.457 e. The minimum absolute atomic E-state index is 0.0207. The molecule has 2 aromatic carbocycles.